The molecule has 3 heterocycles. The lowest BCUT2D eigenvalue weighted by molar-refractivity contribution is -0.133. The first-order chi connectivity index (χ1) is 19.2. The zero-order chi connectivity index (χ0) is 29.2. The molecule has 0 atom stereocenters. The van der Waals surface area contributed by atoms with Crippen LogP contribution in [-0.2, 0) is 11.3 Å². The number of rotatable bonds is 8. The molecular weight excluding hydrogens is 520 g/mol. The predicted octanol–water partition coefficient (Wildman–Crippen LogP) is 5.46. The zero-order valence-electron chi connectivity index (χ0n) is 23.6. The summed E-state index contributed by atoms with van der Waals surface area (Å²) in [7, 11) is 0. The second-order valence-electron chi connectivity index (χ2n) is 9.37. The van der Waals surface area contributed by atoms with Crippen LogP contribution in [0.4, 0.5) is 25.0 Å². The maximum atomic E-state index is 13.8. The van der Waals surface area contributed by atoms with E-state index in [1.54, 1.807) is 22.8 Å². The number of benzene rings is 1. The van der Waals surface area contributed by atoms with Crippen molar-refractivity contribution in [3.63, 3.8) is 0 Å². The number of urea groups is 1. The average Bonchev–Trinajstić information content (AvgIpc) is 3.45. The lowest BCUT2D eigenvalue weighted by Gasteiger charge is -2.39. The Labute approximate surface area is 233 Å². The summed E-state index contributed by atoms with van der Waals surface area (Å²) in [5.41, 5.74) is 2.22. The summed E-state index contributed by atoms with van der Waals surface area (Å²) in [6.45, 7) is 7.58. The topological polar surface area (TPSA) is 105 Å². The van der Waals surface area contributed by atoms with Crippen LogP contribution in [0.25, 0.3) is 0 Å². The molecule has 1 fully saturated rings. The molecular formula is C28H37F2N7O3. The number of piperidine rings is 1. The van der Waals surface area contributed by atoms with Gasteiger partial charge in [0.15, 0.2) is 0 Å². The second-order valence-corrected chi connectivity index (χ2v) is 9.37. The molecule has 0 bridgehead atoms. The number of likely N-dealkylation sites (tertiary alicyclic amines) is 1. The van der Waals surface area contributed by atoms with Gasteiger partial charge in [0.1, 0.15) is 12.2 Å². The summed E-state index contributed by atoms with van der Waals surface area (Å²) < 4.78 is 30.6. The molecule has 1 aromatic carbocycles. The first-order valence-electron chi connectivity index (χ1n) is 13.5. The van der Waals surface area contributed by atoms with Gasteiger partial charge in [0, 0.05) is 30.5 Å². The molecule has 3 amide bonds. The van der Waals surface area contributed by atoms with Crippen LogP contribution >= 0.6 is 0 Å². The number of alkyl halides is 2. The summed E-state index contributed by atoms with van der Waals surface area (Å²) in [6.07, 6.45) is 4.10. The summed E-state index contributed by atoms with van der Waals surface area (Å²) in [5.74, 6) is -0.320. The van der Waals surface area contributed by atoms with Gasteiger partial charge in [-0.3, -0.25) is 9.69 Å². The highest BCUT2D eigenvalue weighted by Gasteiger charge is 2.33. The summed E-state index contributed by atoms with van der Waals surface area (Å²) in [6, 6.07) is 9.99. The van der Waals surface area contributed by atoms with Gasteiger partial charge in [-0.25, -0.2) is 9.78 Å². The van der Waals surface area contributed by atoms with Crippen LogP contribution in [0.2, 0.25) is 0 Å². The number of nitrogens with zero attached hydrogens (tertiary/aromatic N) is 6. The van der Waals surface area contributed by atoms with Crippen molar-refractivity contribution < 1.29 is 23.1 Å². The smallest absolute Gasteiger partial charge is 0.388 e. The molecule has 0 saturated carbocycles. The van der Waals surface area contributed by atoms with Gasteiger partial charge in [0.25, 0.3) is 0 Å². The largest absolute Gasteiger partial charge is 0.415 e. The van der Waals surface area contributed by atoms with Crippen LogP contribution in [0.15, 0.2) is 48.8 Å². The van der Waals surface area contributed by atoms with Crippen molar-refractivity contribution in [3.8, 4) is 5.88 Å². The first-order valence-corrected chi connectivity index (χ1v) is 13.5. The van der Waals surface area contributed by atoms with E-state index in [1.807, 2.05) is 52.0 Å². The molecule has 4 rings (SSSR count). The van der Waals surface area contributed by atoms with Crippen LogP contribution in [-0.4, -0.2) is 62.6 Å². The Balaban J connectivity index is 0.00000216. The second kappa shape index (κ2) is 14.3. The Morgan fingerprint density at radius 1 is 1.07 bits per heavy atom. The molecule has 1 aliphatic heterocycles. The highest BCUT2D eigenvalue weighted by Crippen LogP contribution is 2.33. The third-order valence-electron chi connectivity index (χ3n) is 6.40. The van der Waals surface area contributed by atoms with E-state index < -0.39 is 12.6 Å². The molecule has 0 aliphatic carbocycles. The average molecular weight is 558 g/mol. The zero-order valence-corrected chi connectivity index (χ0v) is 23.6. The highest BCUT2D eigenvalue weighted by molar-refractivity contribution is 6.03. The molecule has 0 unspecified atom stereocenters. The fraction of sp³-hybridized carbons (Fsp3) is 0.464. The van der Waals surface area contributed by atoms with Gasteiger partial charge < -0.3 is 15.0 Å². The number of hydrogen-bond acceptors (Lipinski definition) is 6. The predicted molar refractivity (Wildman–Crippen MR) is 149 cm³/mol. The number of halogens is 2. The van der Waals surface area contributed by atoms with E-state index in [-0.39, 0.29) is 36.0 Å². The van der Waals surface area contributed by atoms with Gasteiger partial charge in [-0.05, 0) is 49.4 Å². The quantitative estimate of drug-likeness (QED) is 0.394. The number of para-hydroxylation sites is 1. The summed E-state index contributed by atoms with van der Waals surface area (Å²) >= 11 is 0. The molecule has 1 aliphatic rings. The number of carbonyl (C=O) groups excluding carboxylic acids is 2. The Morgan fingerprint density at radius 3 is 2.35 bits per heavy atom. The lowest BCUT2D eigenvalue weighted by atomic mass is 9.97. The Bertz CT molecular complexity index is 1250. The van der Waals surface area contributed by atoms with Gasteiger partial charge in [0.05, 0.1) is 12.4 Å². The van der Waals surface area contributed by atoms with Crippen LogP contribution in [0.1, 0.15) is 57.7 Å². The Morgan fingerprint density at radius 2 is 1.73 bits per heavy atom. The maximum Gasteiger partial charge on any atom is 0.388 e. The normalized spacial score (nSPS) is 13.6. The van der Waals surface area contributed by atoms with Crippen LogP contribution in [0.5, 0.6) is 5.88 Å². The SMILES string of the molecule is CC.Cc1ccc(NC(=O)N(c2ccccc2C(C)C)C2CCN(C(=O)Cn3nccn3)CC2)c(OC(F)F)n1. The number of aryl methyl sites for hydroxylation is 1. The monoisotopic (exact) mass is 557 g/mol. The van der Waals surface area contributed by atoms with Gasteiger partial charge in [-0.1, -0.05) is 45.9 Å². The van der Waals surface area contributed by atoms with Crippen molar-refractivity contribution in [1.82, 2.24) is 24.9 Å². The van der Waals surface area contributed by atoms with Crippen molar-refractivity contribution in [1.29, 1.82) is 0 Å². The Hall–Kier alpha value is -4.09. The van der Waals surface area contributed by atoms with Gasteiger partial charge in [-0.15, -0.1) is 0 Å². The van der Waals surface area contributed by atoms with Crippen molar-refractivity contribution >= 4 is 23.3 Å². The molecule has 40 heavy (non-hydrogen) atoms. The number of ether oxygens (including phenoxy) is 1. The fourth-order valence-corrected chi connectivity index (χ4v) is 4.56. The van der Waals surface area contributed by atoms with E-state index in [4.69, 9.17) is 0 Å². The molecule has 12 heteroatoms. The van der Waals surface area contributed by atoms with E-state index in [0.29, 0.717) is 31.6 Å². The van der Waals surface area contributed by atoms with Crippen molar-refractivity contribution in [3.05, 3.63) is 60.0 Å². The minimum atomic E-state index is -3.09. The summed E-state index contributed by atoms with van der Waals surface area (Å²) in [4.78, 5) is 35.3. The minimum Gasteiger partial charge on any atom is -0.415 e. The van der Waals surface area contributed by atoms with Gasteiger partial charge in [0.2, 0.25) is 11.8 Å². The van der Waals surface area contributed by atoms with E-state index in [1.165, 1.54) is 23.3 Å². The third kappa shape index (κ3) is 7.73. The molecule has 1 N–H and O–H groups in total. The lowest BCUT2D eigenvalue weighted by Crippen LogP contribution is -2.51. The minimum absolute atomic E-state index is 0.0470. The van der Waals surface area contributed by atoms with E-state index in [0.717, 1.165) is 11.3 Å². The number of carbonyl (C=O) groups is 2. The van der Waals surface area contributed by atoms with Crippen LogP contribution in [0, 0.1) is 6.92 Å². The summed E-state index contributed by atoms with van der Waals surface area (Å²) in [5, 5.41) is 10.7. The van der Waals surface area contributed by atoms with Crippen molar-refractivity contribution in [2.45, 2.75) is 72.6 Å². The standard InChI is InChI=1S/C26H31F2N7O3.C2H6/c1-17(2)20-6-4-5-7-22(20)35(26(37)32-21-9-8-18(3)31-24(21)38-25(27)28)19-10-14-33(15-11-19)23(36)16-34-29-12-13-30-34;1-2/h4-9,12-13,17,19,25H,10-11,14-16H2,1-3H3,(H,32,37);1-2H3. The number of pyridine rings is 1. The molecule has 3 aromatic rings. The fourth-order valence-electron chi connectivity index (χ4n) is 4.56. The molecule has 2 aromatic heterocycles. The molecule has 1 saturated heterocycles. The van der Waals surface area contributed by atoms with Crippen LogP contribution in [0.3, 0.4) is 0 Å². The number of aromatic nitrogens is 4. The molecule has 0 radical (unpaired) electrons. The third-order valence-corrected chi connectivity index (χ3v) is 6.40. The van der Waals surface area contributed by atoms with Gasteiger partial charge in [-0.2, -0.15) is 23.8 Å². The van der Waals surface area contributed by atoms with Gasteiger partial charge >= 0.3 is 12.6 Å². The first kappa shape index (κ1) is 30.5. The van der Waals surface area contributed by atoms with E-state index >= 15 is 0 Å². The molecule has 0 spiro atoms. The number of anilines is 2. The Kier molecular flexibility index (Phi) is 10.9. The van der Waals surface area contributed by atoms with Crippen molar-refractivity contribution in [2.24, 2.45) is 0 Å². The number of hydrogen-bond donors (Lipinski definition) is 1. The molecule has 10 nitrogen and oxygen atoms in total. The van der Waals surface area contributed by atoms with E-state index in [2.05, 4.69) is 25.2 Å². The molecule has 216 valence electrons. The number of amides is 3. The van der Waals surface area contributed by atoms with Crippen LogP contribution < -0.4 is 15.0 Å². The maximum absolute atomic E-state index is 13.8. The van der Waals surface area contributed by atoms with Crippen molar-refractivity contribution in [2.75, 3.05) is 23.3 Å². The number of nitrogens with one attached hydrogen (secondary N) is 1. The highest BCUT2D eigenvalue weighted by atomic mass is 19.3. The van der Waals surface area contributed by atoms with E-state index in [9.17, 15) is 18.4 Å².